The van der Waals surface area contributed by atoms with Crippen molar-refractivity contribution < 1.29 is 0 Å². The molecule has 0 aliphatic carbocycles. The van der Waals surface area contributed by atoms with E-state index >= 15 is 0 Å². The molecule has 7 heteroatoms. The van der Waals surface area contributed by atoms with Gasteiger partial charge in [-0.25, -0.2) is 4.98 Å². The third-order valence-electron chi connectivity index (χ3n) is 2.36. The fourth-order valence-electron chi connectivity index (χ4n) is 1.49. The molecule has 0 spiro atoms. The number of imidazole rings is 1. The number of nitrogens with zero attached hydrogens (tertiary/aromatic N) is 5. The fourth-order valence-corrected chi connectivity index (χ4v) is 2.12. The summed E-state index contributed by atoms with van der Waals surface area (Å²) in [4.78, 5) is 17.1. The maximum absolute atomic E-state index is 4.43. The van der Waals surface area contributed by atoms with E-state index in [2.05, 4.69) is 25.3 Å². The molecule has 0 bridgehead atoms. The summed E-state index contributed by atoms with van der Waals surface area (Å²) in [6.07, 6.45) is 5.14. The van der Waals surface area contributed by atoms with Gasteiger partial charge in [0.2, 0.25) is 11.9 Å². The maximum atomic E-state index is 4.43. The number of rotatable bonds is 3. The van der Waals surface area contributed by atoms with Gasteiger partial charge < -0.3 is 5.32 Å². The van der Waals surface area contributed by atoms with Gasteiger partial charge in [-0.3, -0.25) is 4.57 Å². The molecule has 3 heterocycles. The molecule has 0 aliphatic heterocycles. The molecule has 6 nitrogen and oxygen atoms in total. The quantitative estimate of drug-likeness (QED) is 0.776. The molecular formula is C11H10N6S. The van der Waals surface area contributed by atoms with Crippen LogP contribution in [0.3, 0.4) is 0 Å². The van der Waals surface area contributed by atoms with Crippen molar-refractivity contribution in [2.24, 2.45) is 0 Å². The zero-order valence-electron chi connectivity index (χ0n) is 9.61. The van der Waals surface area contributed by atoms with Crippen LogP contribution in [0.15, 0.2) is 35.5 Å². The van der Waals surface area contributed by atoms with Crippen LogP contribution in [0.25, 0.3) is 17.3 Å². The van der Waals surface area contributed by atoms with Crippen LogP contribution < -0.4 is 5.32 Å². The lowest BCUT2D eigenvalue weighted by Gasteiger charge is -2.05. The minimum atomic E-state index is 0.537. The van der Waals surface area contributed by atoms with E-state index in [0.29, 0.717) is 17.7 Å². The monoisotopic (exact) mass is 258 g/mol. The van der Waals surface area contributed by atoms with Gasteiger partial charge in [-0.05, 0) is 11.4 Å². The molecule has 0 aliphatic rings. The molecule has 3 aromatic heterocycles. The van der Waals surface area contributed by atoms with Crippen LogP contribution in [0, 0.1) is 0 Å². The molecule has 90 valence electrons. The van der Waals surface area contributed by atoms with Gasteiger partial charge in [-0.2, -0.15) is 26.3 Å². The van der Waals surface area contributed by atoms with E-state index < -0.39 is 0 Å². The van der Waals surface area contributed by atoms with Gasteiger partial charge in [0.15, 0.2) is 5.82 Å². The molecule has 0 aromatic carbocycles. The smallest absolute Gasteiger partial charge is 0.240 e. The first-order valence-electron chi connectivity index (χ1n) is 5.31. The highest BCUT2D eigenvalue weighted by atomic mass is 32.1. The van der Waals surface area contributed by atoms with Gasteiger partial charge in [-0.1, -0.05) is 0 Å². The molecule has 3 aromatic rings. The number of hydrogen-bond donors (Lipinski definition) is 1. The summed E-state index contributed by atoms with van der Waals surface area (Å²) in [6.45, 7) is 0. The number of nitrogens with one attached hydrogen (secondary N) is 1. The molecule has 0 unspecified atom stereocenters. The van der Waals surface area contributed by atoms with Crippen LogP contribution in [0.5, 0.6) is 0 Å². The predicted octanol–water partition coefficient (Wildman–Crippen LogP) is 1.83. The number of hydrogen-bond acceptors (Lipinski definition) is 6. The summed E-state index contributed by atoms with van der Waals surface area (Å²) in [6, 6.07) is 1.98. The van der Waals surface area contributed by atoms with Crippen LogP contribution in [-0.2, 0) is 0 Å². The second kappa shape index (κ2) is 4.53. The van der Waals surface area contributed by atoms with Gasteiger partial charge in [0.05, 0.1) is 0 Å². The Balaban J connectivity index is 2.13. The summed E-state index contributed by atoms with van der Waals surface area (Å²) in [7, 11) is 1.78. The van der Waals surface area contributed by atoms with Crippen molar-refractivity contribution in [1.82, 2.24) is 24.5 Å². The average molecular weight is 258 g/mol. The Bertz CT molecular complexity index is 579. The highest BCUT2D eigenvalue weighted by Crippen LogP contribution is 2.19. The Labute approximate surface area is 107 Å². The lowest BCUT2D eigenvalue weighted by molar-refractivity contribution is 0.902. The Hall–Kier alpha value is -2.28. The summed E-state index contributed by atoms with van der Waals surface area (Å²) in [5.41, 5.74) is 0.986. The van der Waals surface area contributed by atoms with E-state index in [4.69, 9.17) is 0 Å². The first-order chi connectivity index (χ1) is 8.86. The van der Waals surface area contributed by atoms with Crippen molar-refractivity contribution in [3.63, 3.8) is 0 Å². The summed E-state index contributed by atoms with van der Waals surface area (Å²) < 4.78 is 1.75. The van der Waals surface area contributed by atoms with Crippen LogP contribution in [0.1, 0.15) is 0 Å². The molecule has 0 fully saturated rings. The third kappa shape index (κ3) is 1.95. The SMILES string of the molecule is CNc1nc(-c2ccsc2)nc(-n2ccnc2)n1. The molecule has 3 rings (SSSR count). The second-order valence-electron chi connectivity index (χ2n) is 3.51. The zero-order chi connectivity index (χ0) is 12.4. The summed E-state index contributed by atoms with van der Waals surface area (Å²) >= 11 is 1.61. The van der Waals surface area contributed by atoms with Crippen molar-refractivity contribution in [3.8, 4) is 17.3 Å². The van der Waals surface area contributed by atoms with Crippen molar-refractivity contribution in [1.29, 1.82) is 0 Å². The molecule has 0 saturated heterocycles. The van der Waals surface area contributed by atoms with Crippen LogP contribution >= 0.6 is 11.3 Å². The lowest BCUT2D eigenvalue weighted by atomic mass is 10.3. The van der Waals surface area contributed by atoms with E-state index in [1.807, 2.05) is 16.8 Å². The molecule has 1 N–H and O–H groups in total. The van der Waals surface area contributed by atoms with Gasteiger partial charge in [0.1, 0.15) is 6.33 Å². The maximum Gasteiger partial charge on any atom is 0.240 e. The molecule has 0 amide bonds. The van der Waals surface area contributed by atoms with Crippen molar-refractivity contribution >= 4 is 17.3 Å². The number of thiophene rings is 1. The Morgan fingerprint density at radius 1 is 1.28 bits per heavy atom. The van der Waals surface area contributed by atoms with Crippen LogP contribution in [0.2, 0.25) is 0 Å². The van der Waals surface area contributed by atoms with Gasteiger partial charge in [0.25, 0.3) is 0 Å². The Kier molecular flexibility index (Phi) is 2.73. The molecule has 0 radical (unpaired) electrons. The van der Waals surface area contributed by atoms with Crippen molar-refractivity contribution in [2.75, 3.05) is 12.4 Å². The highest BCUT2D eigenvalue weighted by Gasteiger charge is 2.09. The largest absolute Gasteiger partial charge is 0.357 e. The fraction of sp³-hybridized carbons (Fsp3) is 0.0909. The van der Waals surface area contributed by atoms with Crippen molar-refractivity contribution in [2.45, 2.75) is 0 Å². The van der Waals surface area contributed by atoms with E-state index in [-0.39, 0.29) is 0 Å². The minimum absolute atomic E-state index is 0.537. The molecular weight excluding hydrogens is 248 g/mol. The van der Waals surface area contributed by atoms with Crippen LogP contribution in [-0.4, -0.2) is 31.6 Å². The Morgan fingerprint density at radius 3 is 2.89 bits per heavy atom. The Morgan fingerprint density at radius 2 is 2.22 bits per heavy atom. The lowest BCUT2D eigenvalue weighted by Crippen LogP contribution is -2.06. The summed E-state index contributed by atoms with van der Waals surface area (Å²) in [5, 5.41) is 6.94. The second-order valence-corrected chi connectivity index (χ2v) is 4.29. The average Bonchev–Trinajstić information content (AvgIpc) is 3.10. The van der Waals surface area contributed by atoms with Gasteiger partial charge >= 0.3 is 0 Å². The van der Waals surface area contributed by atoms with Crippen molar-refractivity contribution in [3.05, 3.63) is 35.5 Å². The number of anilines is 1. The molecule has 0 atom stereocenters. The van der Waals surface area contributed by atoms with E-state index in [1.54, 1.807) is 41.7 Å². The van der Waals surface area contributed by atoms with Gasteiger partial charge in [0, 0.05) is 30.4 Å². The third-order valence-corrected chi connectivity index (χ3v) is 3.05. The van der Waals surface area contributed by atoms with Crippen LogP contribution in [0.4, 0.5) is 5.95 Å². The van der Waals surface area contributed by atoms with E-state index in [0.717, 1.165) is 5.56 Å². The first-order valence-corrected chi connectivity index (χ1v) is 6.26. The molecule has 18 heavy (non-hydrogen) atoms. The zero-order valence-corrected chi connectivity index (χ0v) is 10.4. The predicted molar refractivity (Wildman–Crippen MR) is 69.8 cm³/mol. The summed E-state index contributed by atoms with van der Waals surface area (Å²) in [5.74, 6) is 1.74. The number of aromatic nitrogens is 5. The topological polar surface area (TPSA) is 68.5 Å². The van der Waals surface area contributed by atoms with Gasteiger partial charge in [-0.15, -0.1) is 0 Å². The van der Waals surface area contributed by atoms with E-state index in [9.17, 15) is 0 Å². The first kappa shape index (κ1) is 10.8. The molecule has 0 saturated carbocycles. The van der Waals surface area contributed by atoms with E-state index in [1.165, 1.54) is 0 Å². The standard InChI is InChI=1S/C11H10N6S/c1-12-10-14-9(8-2-5-18-6-8)15-11(16-10)17-4-3-13-7-17/h2-7H,1H3,(H,12,14,15,16). The highest BCUT2D eigenvalue weighted by molar-refractivity contribution is 7.08. The normalized spacial score (nSPS) is 10.5. The minimum Gasteiger partial charge on any atom is -0.357 e.